The molecule has 1 aromatic heterocycles. The number of hydrogen-bond donors (Lipinski definition) is 0. The predicted octanol–water partition coefficient (Wildman–Crippen LogP) is 5.49. The fourth-order valence-corrected chi connectivity index (χ4v) is 4.39. The minimum Gasteiger partial charge on any atom is -0.276 e. The molecule has 0 radical (unpaired) electrons. The maximum absolute atomic E-state index is 13.0. The summed E-state index contributed by atoms with van der Waals surface area (Å²) in [6.07, 6.45) is 3.11. The number of halogens is 1. The highest BCUT2D eigenvalue weighted by molar-refractivity contribution is 7.95. The van der Waals surface area contributed by atoms with Crippen LogP contribution in [0, 0.1) is 23.3 Å². The van der Waals surface area contributed by atoms with Gasteiger partial charge in [-0.15, -0.1) is 0 Å². The molecule has 6 heteroatoms. The Bertz CT molecular complexity index is 1500. The van der Waals surface area contributed by atoms with Crippen molar-refractivity contribution in [2.24, 2.45) is 0 Å². The molecule has 0 fully saturated rings. The van der Waals surface area contributed by atoms with Crippen LogP contribution in [-0.2, 0) is 9.84 Å². The Morgan fingerprint density at radius 2 is 1.61 bits per heavy atom. The molecular weight excluding hydrogens is 428 g/mol. The average Bonchev–Trinajstić information content (AvgIpc) is 3.14. The SMILES string of the molecule is N#C/C(=C\c1cn(C#Cc2ccccc2)c2ccccc12)S(=O)(=O)c1ccc(Cl)cc1. The van der Waals surface area contributed by atoms with Crippen molar-refractivity contribution in [3.63, 3.8) is 0 Å². The van der Waals surface area contributed by atoms with Crippen LogP contribution in [0.25, 0.3) is 17.0 Å². The fourth-order valence-electron chi connectivity index (χ4n) is 3.11. The van der Waals surface area contributed by atoms with Crippen LogP contribution in [0.2, 0.25) is 5.02 Å². The third-order valence-corrected chi connectivity index (χ3v) is 6.58. The molecule has 0 saturated heterocycles. The molecule has 0 aliphatic rings. The first-order chi connectivity index (χ1) is 15.0. The summed E-state index contributed by atoms with van der Waals surface area (Å²) in [5.74, 6) is 3.09. The second-order valence-electron chi connectivity index (χ2n) is 6.65. The van der Waals surface area contributed by atoms with Crippen LogP contribution in [0.4, 0.5) is 0 Å². The number of rotatable bonds is 3. The zero-order valence-corrected chi connectivity index (χ0v) is 17.7. The van der Waals surface area contributed by atoms with Crippen molar-refractivity contribution in [1.29, 1.82) is 5.26 Å². The van der Waals surface area contributed by atoms with Gasteiger partial charge in [-0.1, -0.05) is 48.0 Å². The Balaban J connectivity index is 1.82. The standard InChI is InChI=1S/C25H15ClN2O2S/c26-21-10-12-22(13-11-21)31(29,30)23(17-27)16-20-18-28(25-9-5-4-8-24(20)25)15-14-19-6-2-1-3-7-19/h1-13,16,18H/b23-16+. The summed E-state index contributed by atoms with van der Waals surface area (Å²) in [7, 11) is -3.98. The molecule has 0 aliphatic carbocycles. The van der Waals surface area contributed by atoms with Gasteiger partial charge in [0.1, 0.15) is 11.0 Å². The molecular formula is C25H15ClN2O2S. The molecule has 3 aromatic carbocycles. The van der Waals surface area contributed by atoms with Crippen LogP contribution in [0.15, 0.2) is 94.9 Å². The summed E-state index contributed by atoms with van der Waals surface area (Å²) in [6.45, 7) is 0. The molecule has 0 amide bonds. The van der Waals surface area contributed by atoms with Gasteiger partial charge in [0.15, 0.2) is 0 Å². The van der Waals surface area contributed by atoms with Gasteiger partial charge in [-0.05, 0) is 54.5 Å². The highest BCUT2D eigenvalue weighted by Gasteiger charge is 2.21. The Labute approximate surface area is 185 Å². The lowest BCUT2D eigenvalue weighted by Crippen LogP contribution is -2.03. The lowest BCUT2D eigenvalue weighted by atomic mass is 10.1. The Kier molecular flexibility index (Phi) is 5.64. The molecule has 0 bridgehead atoms. The number of hydrogen-bond acceptors (Lipinski definition) is 3. The van der Waals surface area contributed by atoms with Gasteiger partial charge in [0.05, 0.1) is 10.4 Å². The van der Waals surface area contributed by atoms with E-state index in [9.17, 15) is 13.7 Å². The van der Waals surface area contributed by atoms with Crippen molar-refractivity contribution < 1.29 is 8.42 Å². The third-order valence-electron chi connectivity index (χ3n) is 4.65. The van der Waals surface area contributed by atoms with Crippen molar-refractivity contribution in [3.8, 4) is 18.0 Å². The summed E-state index contributed by atoms with van der Waals surface area (Å²) in [4.78, 5) is -0.342. The fraction of sp³-hybridized carbons (Fsp3) is 0. The van der Waals surface area contributed by atoms with E-state index in [1.165, 1.54) is 30.3 Å². The number of fused-ring (bicyclic) bond motifs is 1. The van der Waals surface area contributed by atoms with Gasteiger partial charge in [-0.3, -0.25) is 4.57 Å². The number of sulfone groups is 1. The molecule has 0 N–H and O–H groups in total. The van der Waals surface area contributed by atoms with E-state index in [-0.39, 0.29) is 9.80 Å². The van der Waals surface area contributed by atoms with Crippen molar-refractivity contribution in [2.45, 2.75) is 4.90 Å². The van der Waals surface area contributed by atoms with Gasteiger partial charge in [0, 0.05) is 33.8 Å². The van der Waals surface area contributed by atoms with Gasteiger partial charge in [-0.2, -0.15) is 5.26 Å². The Morgan fingerprint density at radius 1 is 0.935 bits per heavy atom. The molecule has 0 atom stereocenters. The number of aromatic nitrogens is 1. The van der Waals surface area contributed by atoms with Gasteiger partial charge < -0.3 is 0 Å². The molecule has 0 aliphatic heterocycles. The minimum absolute atomic E-state index is 0.0114. The van der Waals surface area contributed by atoms with E-state index >= 15 is 0 Å². The molecule has 1 heterocycles. The lowest BCUT2D eigenvalue weighted by molar-refractivity contribution is 0.603. The van der Waals surface area contributed by atoms with Crippen LogP contribution in [0.5, 0.6) is 0 Å². The zero-order valence-electron chi connectivity index (χ0n) is 16.2. The number of benzene rings is 3. The molecule has 0 spiro atoms. The molecule has 4 nitrogen and oxygen atoms in total. The summed E-state index contributed by atoms with van der Waals surface area (Å²) in [5.41, 5.74) is 2.27. The molecule has 31 heavy (non-hydrogen) atoms. The quantitative estimate of drug-likeness (QED) is 0.311. The van der Waals surface area contributed by atoms with Crippen LogP contribution < -0.4 is 0 Å². The Hall–Kier alpha value is -3.77. The van der Waals surface area contributed by atoms with Gasteiger partial charge in [0.25, 0.3) is 0 Å². The number of allylic oxidation sites excluding steroid dienone is 1. The van der Waals surface area contributed by atoms with Crippen LogP contribution in [0.1, 0.15) is 11.1 Å². The molecule has 4 rings (SSSR count). The first-order valence-electron chi connectivity index (χ1n) is 9.29. The van der Waals surface area contributed by atoms with Gasteiger partial charge in [-0.25, -0.2) is 8.42 Å². The molecule has 4 aromatic rings. The normalized spacial score (nSPS) is 11.5. The smallest absolute Gasteiger partial charge is 0.216 e. The summed E-state index contributed by atoms with van der Waals surface area (Å²) in [5, 5.41) is 10.8. The number of para-hydroxylation sites is 1. The van der Waals surface area contributed by atoms with E-state index in [1.54, 1.807) is 10.8 Å². The highest BCUT2D eigenvalue weighted by atomic mass is 35.5. The molecule has 0 saturated carbocycles. The molecule has 0 unspecified atom stereocenters. The monoisotopic (exact) mass is 442 g/mol. The van der Waals surface area contributed by atoms with Crippen molar-refractivity contribution >= 4 is 38.4 Å². The second kappa shape index (κ2) is 8.53. The largest absolute Gasteiger partial charge is 0.276 e. The summed E-state index contributed by atoms with van der Waals surface area (Å²) < 4.78 is 27.7. The van der Waals surface area contributed by atoms with Crippen LogP contribution >= 0.6 is 11.6 Å². The number of nitriles is 1. The third kappa shape index (κ3) is 4.25. The maximum atomic E-state index is 13.0. The van der Waals surface area contributed by atoms with Crippen LogP contribution in [0.3, 0.4) is 0 Å². The van der Waals surface area contributed by atoms with Gasteiger partial charge >= 0.3 is 0 Å². The van der Waals surface area contributed by atoms with Gasteiger partial charge in [0.2, 0.25) is 9.84 Å². The average molecular weight is 443 g/mol. The topological polar surface area (TPSA) is 62.9 Å². The van der Waals surface area contributed by atoms with Crippen LogP contribution in [-0.4, -0.2) is 13.0 Å². The summed E-state index contributed by atoms with van der Waals surface area (Å²) in [6, 6.07) is 27.7. The highest BCUT2D eigenvalue weighted by Crippen LogP contribution is 2.27. The van der Waals surface area contributed by atoms with E-state index in [2.05, 4.69) is 12.0 Å². The first-order valence-corrected chi connectivity index (χ1v) is 11.1. The van der Waals surface area contributed by atoms with E-state index in [0.29, 0.717) is 10.6 Å². The minimum atomic E-state index is -3.98. The number of nitrogens with zero attached hydrogens (tertiary/aromatic N) is 2. The second-order valence-corrected chi connectivity index (χ2v) is 9.01. The van der Waals surface area contributed by atoms with E-state index in [1.807, 2.05) is 60.7 Å². The molecule has 150 valence electrons. The van der Waals surface area contributed by atoms with Crippen molar-refractivity contribution in [3.05, 3.63) is 106 Å². The Morgan fingerprint density at radius 3 is 2.32 bits per heavy atom. The van der Waals surface area contributed by atoms with E-state index in [0.717, 1.165) is 16.5 Å². The zero-order chi connectivity index (χ0) is 21.8. The van der Waals surface area contributed by atoms with Crippen molar-refractivity contribution in [2.75, 3.05) is 0 Å². The lowest BCUT2D eigenvalue weighted by Gasteiger charge is -2.03. The van der Waals surface area contributed by atoms with Crippen molar-refractivity contribution in [1.82, 2.24) is 4.57 Å². The first kappa shape index (κ1) is 20.5. The predicted molar refractivity (Wildman–Crippen MR) is 123 cm³/mol. The van der Waals surface area contributed by atoms with E-state index < -0.39 is 9.84 Å². The maximum Gasteiger partial charge on any atom is 0.216 e. The summed E-state index contributed by atoms with van der Waals surface area (Å²) >= 11 is 5.86. The van der Waals surface area contributed by atoms with E-state index in [4.69, 9.17) is 11.6 Å².